The molecule has 1 amide bonds. The number of aromatic nitrogens is 1. The first-order valence-electron chi connectivity index (χ1n) is 8.21. The van der Waals surface area contributed by atoms with Gasteiger partial charge in [-0.3, -0.25) is 4.79 Å². The molecule has 2 heterocycles. The van der Waals surface area contributed by atoms with E-state index < -0.39 is 0 Å². The maximum absolute atomic E-state index is 13.3. The van der Waals surface area contributed by atoms with Crippen LogP contribution in [0.25, 0.3) is 10.2 Å². The number of rotatable bonds is 2. The van der Waals surface area contributed by atoms with Crippen molar-refractivity contribution < 1.29 is 9.18 Å². The smallest absolute Gasteiger partial charge is 0.253 e. The van der Waals surface area contributed by atoms with Crippen molar-refractivity contribution >= 4 is 39.1 Å². The van der Waals surface area contributed by atoms with Crippen LogP contribution in [0.15, 0.2) is 42.5 Å². The van der Waals surface area contributed by atoms with Crippen LogP contribution in [0.3, 0.4) is 0 Å². The van der Waals surface area contributed by atoms with Crippen LogP contribution in [-0.4, -0.2) is 28.9 Å². The lowest BCUT2D eigenvalue weighted by Crippen LogP contribution is -2.37. The fourth-order valence-electron chi connectivity index (χ4n) is 3.23. The van der Waals surface area contributed by atoms with E-state index in [0.717, 1.165) is 28.1 Å². The number of thiazole rings is 1. The molecule has 0 N–H and O–H groups in total. The largest absolute Gasteiger partial charge is 0.339 e. The van der Waals surface area contributed by atoms with E-state index in [-0.39, 0.29) is 11.7 Å². The lowest BCUT2D eigenvalue weighted by Gasteiger charge is -2.31. The Labute approximate surface area is 154 Å². The molecule has 0 spiro atoms. The number of carbonyl (C=O) groups excluding carboxylic acids is 1. The molecule has 0 radical (unpaired) electrons. The molecule has 0 saturated carbocycles. The zero-order chi connectivity index (χ0) is 17.4. The van der Waals surface area contributed by atoms with Crippen LogP contribution >= 0.6 is 22.9 Å². The van der Waals surface area contributed by atoms with Crippen LogP contribution in [0.4, 0.5) is 4.39 Å². The molecule has 6 heteroatoms. The summed E-state index contributed by atoms with van der Waals surface area (Å²) in [5.41, 5.74) is 1.35. The summed E-state index contributed by atoms with van der Waals surface area (Å²) in [6, 6.07) is 11.7. The van der Waals surface area contributed by atoms with Crippen LogP contribution in [0, 0.1) is 5.82 Å². The van der Waals surface area contributed by atoms with Gasteiger partial charge in [0.1, 0.15) is 5.82 Å². The van der Waals surface area contributed by atoms with Crippen molar-refractivity contribution in [1.82, 2.24) is 9.88 Å². The molecule has 1 aromatic heterocycles. The second-order valence-electron chi connectivity index (χ2n) is 6.24. The summed E-state index contributed by atoms with van der Waals surface area (Å²) in [5, 5.41) is 1.80. The van der Waals surface area contributed by atoms with Gasteiger partial charge in [-0.05, 0) is 49.2 Å². The van der Waals surface area contributed by atoms with E-state index in [0.29, 0.717) is 29.6 Å². The number of benzene rings is 2. The molecule has 25 heavy (non-hydrogen) atoms. The molecule has 2 aromatic carbocycles. The predicted molar refractivity (Wildman–Crippen MR) is 98.9 cm³/mol. The van der Waals surface area contributed by atoms with Crippen molar-refractivity contribution in [2.24, 2.45) is 0 Å². The summed E-state index contributed by atoms with van der Waals surface area (Å²) in [4.78, 5) is 19.0. The van der Waals surface area contributed by atoms with Gasteiger partial charge in [-0.1, -0.05) is 17.7 Å². The minimum atomic E-state index is -0.381. The second-order valence-corrected chi connectivity index (χ2v) is 7.74. The van der Waals surface area contributed by atoms with Crippen LogP contribution in [-0.2, 0) is 0 Å². The number of hydrogen-bond donors (Lipinski definition) is 0. The van der Waals surface area contributed by atoms with Gasteiger partial charge in [-0.25, -0.2) is 9.37 Å². The van der Waals surface area contributed by atoms with Crippen molar-refractivity contribution in [2.45, 2.75) is 18.8 Å². The molecule has 1 saturated heterocycles. The Morgan fingerprint density at radius 1 is 1.20 bits per heavy atom. The second kappa shape index (κ2) is 6.73. The molecule has 1 aliphatic heterocycles. The normalized spacial score (nSPS) is 15.7. The number of halogens is 2. The third kappa shape index (κ3) is 3.39. The molecule has 0 atom stereocenters. The van der Waals surface area contributed by atoms with Gasteiger partial charge in [-0.2, -0.15) is 0 Å². The van der Waals surface area contributed by atoms with Gasteiger partial charge < -0.3 is 4.90 Å². The van der Waals surface area contributed by atoms with Gasteiger partial charge in [0, 0.05) is 29.6 Å². The number of hydrogen-bond acceptors (Lipinski definition) is 3. The van der Waals surface area contributed by atoms with Crippen molar-refractivity contribution in [2.75, 3.05) is 13.1 Å². The number of piperidine rings is 1. The summed E-state index contributed by atoms with van der Waals surface area (Å²) >= 11 is 7.73. The van der Waals surface area contributed by atoms with Crippen molar-refractivity contribution in [1.29, 1.82) is 0 Å². The maximum Gasteiger partial charge on any atom is 0.253 e. The fraction of sp³-hybridized carbons (Fsp3) is 0.263. The van der Waals surface area contributed by atoms with Gasteiger partial charge >= 0.3 is 0 Å². The lowest BCUT2D eigenvalue weighted by atomic mass is 9.97. The molecule has 0 unspecified atom stereocenters. The molecular formula is C19H16ClFN2OS. The first-order chi connectivity index (χ1) is 12.1. The molecular weight excluding hydrogens is 359 g/mol. The van der Waals surface area contributed by atoms with Gasteiger partial charge in [0.05, 0.1) is 15.2 Å². The van der Waals surface area contributed by atoms with Crippen molar-refractivity contribution in [3.63, 3.8) is 0 Å². The van der Waals surface area contributed by atoms with E-state index in [1.807, 2.05) is 18.2 Å². The van der Waals surface area contributed by atoms with Crippen molar-refractivity contribution in [3.05, 3.63) is 63.9 Å². The monoisotopic (exact) mass is 374 g/mol. The Kier molecular flexibility index (Phi) is 4.44. The number of likely N-dealkylation sites (tertiary alicyclic amines) is 1. The maximum atomic E-state index is 13.3. The Hall–Kier alpha value is -1.98. The van der Waals surface area contributed by atoms with E-state index in [9.17, 15) is 9.18 Å². The first kappa shape index (κ1) is 16.5. The molecule has 0 aliphatic carbocycles. The molecule has 0 bridgehead atoms. The summed E-state index contributed by atoms with van der Waals surface area (Å²) in [6.45, 7) is 1.33. The molecule has 1 aliphatic rings. The minimum absolute atomic E-state index is 0.103. The number of carbonyl (C=O) groups is 1. The molecule has 1 fully saturated rings. The summed E-state index contributed by atoms with van der Waals surface area (Å²) in [7, 11) is 0. The van der Waals surface area contributed by atoms with E-state index >= 15 is 0 Å². The summed E-state index contributed by atoms with van der Waals surface area (Å²) < 4.78 is 14.5. The van der Waals surface area contributed by atoms with Gasteiger partial charge in [0.25, 0.3) is 5.91 Å². The highest BCUT2D eigenvalue weighted by atomic mass is 35.5. The third-order valence-electron chi connectivity index (χ3n) is 4.57. The third-order valence-corrected chi connectivity index (χ3v) is 6.00. The Balaban J connectivity index is 1.46. The van der Waals surface area contributed by atoms with Gasteiger partial charge in [-0.15, -0.1) is 11.3 Å². The first-order valence-corrected chi connectivity index (χ1v) is 9.40. The minimum Gasteiger partial charge on any atom is -0.339 e. The zero-order valence-electron chi connectivity index (χ0n) is 13.4. The predicted octanol–water partition coefficient (Wildman–Crippen LogP) is 5.11. The topological polar surface area (TPSA) is 33.2 Å². The van der Waals surface area contributed by atoms with E-state index in [1.165, 1.54) is 12.1 Å². The lowest BCUT2D eigenvalue weighted by molar-refractivity contribution is 0.0712. The fourth-order valence-corrected chi connectivity index (χ4v) is 4.51. The van der Waals surface area contributed by atoms with Crippen LogP contribution in [0.2, 0.25) is 5.02 Å². The van der Waals surface area contributed by atoms with Crippen molar-refractivity contribution in [3.8, 4) is 0 Å². The van der Waals surface area contributed by atoms with Crippen LogP contribution < -0.4 is 0 Å². The zero-order valence-corrected chi connectivity index (χ0v) is 15.0. The van der Waals surface area contributed by atoms with E-state index in [4.69, 9.17) is 16.6 Å². The average molecular weight is 375 g/mol. The SMILES string of the molecule is O=C(c1cccc(F)c1)N1CCC(c2nc3cc(Cl)ccc3s2)CC1. The van der Waals surface area contributed by atoms with E-state index in [2.05, 4.69) is 0 Å². The Bertz CT molecular complexity index is 934. The van der Waals surface area contributed by atoms with E-state index in [1.54, 1.807) is 28.4 Å². The van der Waals surface area contributed by atoms with Gasteiger partial charge in [0.2, 0.25) is 0 Å². The van der Waals surface area contributed by atoms with Gasteiger partial charge in [0.15, 0.2) is 0 Å². The molecule has 3 aromatic rings. The standard InChI is InChI=1S/C19H16ClFN2OS/c20-14-4-5-17-16(11-14)22-18(25-17)12-6-8-23(9-7-12)19(24)13-2-1-3-15(21)10-13/h1-5,10-12H,6-9H2. The summed E-state index contributed by atoms with van der Waals surface area (Å²) in [6.07, 6.45) is 1.74. The highest BCUT2D eigenvalue weighted by Gasteiger charge is 2.26. The highest BCUT2D eigenvalue weighted by molar-refractivity contribution is 7.18. The molecule has 128 valence electrons. The van der Waals surface area contributed by atoms with Crippen LogP contribution in [0.1, 0.15) is 34.1 Å². The number of amides is 1. The highest BCUT2D eigenvalue weighted by Crippen LogP contribution is 2.35. The number of nitrogens with zero attached hydrogens (tertiary/aromatic N) is 2. The molecule has 3 nitrogen and oxygen atoms in total. The molecule has 4 rings (SSSR count). The Morgan fingerprint density at radius 2 is 2.00 bits per heavy atom. The quantitative estimate of drug-likeness (QED) is 0.624. The number of fused-ring (bicyclic) bond motifs is 1. The average Bonchev–Trinajstić information content (AvgIpc) is 3.04. The summed E-state index contributed by atoms with van der Waals surface area (Å²) in [5.74, 6) is -0.129. The van der Waals surface area contributed by atoms with Crippen LogP contribution in [0.5, 0.6) is 0 Å². The Morgan fingerprint density at radius 3 is 2.76 bits per heavy atom.